The van der Waals surface area contributed by atoms with E-state index in [2.05, 4.69) is 13.8 Å². The molecule has 4 N–H and O–H groups in total. The van der Waals surface area contributed by atoms with E-state index in [9.17, 15) is 0 Å². The zero-order chi connectivity index (χ0) is 16.6. The average molecular weight is 315 g/mol. The van der Waals surface area contributed by atoms with Crippen molar-refractivity contribution in [2.45, 2.75) is 103 Å². The largest absolute Gasteiger partial charge is 0.381 e. The summed E-state index contributed by atoms with van der Waals surface area (Å²) in [5, 5.41) is 0. The lowest BCUT2D eigenvalue weighted by atomic mass is 10.0. The van der Waals surface area contributed by atoms with Gasteiger partial charge in [0, 0.05) is 25.3 Å². The molecule has 0 aliphatic carbocycles. The van der Waals surface area contributed by atoms with Crippen molar-refractivity contribution in [3.05, 3.63) is 0 Å². The van der Waals surface area contributed by atoms with Crippen LogP contribution in [0.2, 0.25) is 0 Å². The summed E-state index contributed by atoms with van der Waals surface area (Å²) in [4.78, 5) is 0. The zero-order valence-electron chi connectivity index (χ0n) is 15.5. The Balaban J connectivity index is 3.06. The van der Waals surface area contributed by atoms with Gasteiger partial charge in [0.15, 0.2) is 0 Å². The van der Waals surface area contributed by atoms with Gasteiger partial charge in [0.1, 0.15) is 0 Å². The molecule has 134 valence electrons. The second kappa shape index (κ2) is 15.8. The van der Waals surface area contributed by atoms with E-state index in [4.69, 9.17) is 16.2 Å². The Morgan fingerprint density at radius 1 is 0.636 bits per heavy atom. The predicted octanol–water partition coefficient (Wildman–Crippen LogP) is 4.62. The molecule has 0 saturated carbocycles. The number of hydrogen-bond donors (Lipinski definition) is 2. The molecule has 0 aromatic rings. The van der Waals surface area contributed by atoms with Crippen LogP contribution in [0.15, 0.2) is 0 Å². The molecule has 0 fully saturated rings. The lowest BCUT2D eigenvalue weighted by Gasteiger charge is -2.14. The van der Waals surface area contributed by atoms with Gasteiger partial charge in [-0.15, -0.1) is 0 Å². The van der Waals surface area contributed by atoms with Gasteiger partial charge in [0.05, 0.1) is 0 Å². The van der Waals surface area contributed by atoms with Crippen molar-refractivity contribution in [2.75, 3.05) is 13.2 Å². The van der Waals surface area contributed by atoms with E-state index < -0.39 is 0 Å². The van der Waals surface area contributed by atoms with Crippen LogP contribution in [0.5, 0.6) is 0 Å². The fourth-order valence-corrected chi connectivity index (χ4v) is 2.60. The first-order valence-corrected chi connectivity index (χ1v) is 9.63. The van der Waals surface area contributed by atoms with Crippen LogP contribution in [0.1, 0.15) is 91.4 Å². The maximum absolute atomic E-state index is 5.89. The van der Waals surface area contributed by atoms with E-state index in [0.29, 0.717) is 0 Å². The molecule has 22 heavy (non-hydrogen) atoms. The van der Waals surface area contributed by atoms with Crippen LogP contribution in [-0.2, 0) is 4.74 Å². The van der Waals surface area contributed by atoms with Gasteiger partial charge in [-0.1, -0.05) is 65.2 Å². The molecule has 0 aliphatic heterocycles. The number of unbranched alkanes of at least 4 members (excludes halogenated alkanes) is 7. The van der Waals surface area contributed by atoms with Crippen LogP contribution in [0, 0.1) is 5.92 Å². The first kappa shape index (κ1) is 21.9. The summed E-state index contributed by atoms with van der Waals surface area (Å²) in [5.41, 5.74) is 11.6. The van der Waals surface area contributed by atoms with Crippen LogP contribution in [0.3, 0.4) is 0 Å². The lowest BCUT2D eigenvalue weighted by Crippen LogP contribution is -2.38. The van der Waals surface area contributed by atoms with Gasteiger partial charge in [0.2, 0.25) is 0 Å². The topological polar surface area (TPSA) is 61.3 Å². The molecule has 0 radical (unpaired) electrons. The van der Waals surface area contributed by atoms with E-state index in [1.165, 1.54) is 57.8 Å². The monoisotopic (exact) mass is 314 g/mol. The Morgan fingerprint density at radius 2 is 1.14 bits per heavy atom. The van der Waals surface area contributed by atoms with Gasteiger partial charge < -0.3 is 16.2 Å². The van der Waals surface area contributed by atoms with Crippen molar-refractivity contribution in [1.82, 2.24) is 0 Å². The molecule has 3 heteroatoms. The highest BCUT2D eigenvalue weighted by atomic mass is 16.5. The number of nitrogens with two attached hydrogens (primary N) is 2. The minimum atomic E-state index is 0.0883. The Labute approximate surface area is 139 Å². The van der Waals surface area contributed by atoms with Crippen molar-refractivity contribution in [3.63, 3.8) is 0 Å². The maximum Gasteiger partial charge on any atom is 0.0466 e. The van der Waals surface area contributed by atoms with Gasteiger partial charge in [-0.3, -0.25) is 0 Å². The molecule has 0 heterocycles. The Kier molecular flexibility index (Phi) is 15.7. The van der Waals surface area contributed by atoms with E-state index in [1.807, 2.05) is 6.92 Å². The van der Waals surface area contributed by atoms with Crippen molar-refractivity contribution >= 4 is 0 Å². The minimum Gasteiger partial charge on any atom is -0.381 e. The van der Waals surface area contributed by atoms with Crippen LogP contribution in [0.4, 0.5) is 0 Å². The summed E-state index contributed by atoms with van der Waals surface area (Å²) in [6, 6.07) is 0.203. The second-order valence-corrected chi connectivity index (χ2v) is 7.29. The summed E-state index contributed by atoms with van der Waals surface area (Å²) in [6.45, 7) is 8.33. The summed E-state index contributed by atoms with van der Waals surface area (Å²) >= 11 is 0. The number of rotatable bonds is 16. The van der Waals surface area contributed by atoms with Crippen molar-refractivity contribution < 1.29 is 4.74 Å². The number of ether oxygens (including phenoxy) is 1. The van der Waals surface area contributed by atoms with Crippen LogP contribution in [0.25, 0.3) is 0 Å². The first-order valence-electron chi connectivity index (χ1n) is 9.63. The molecule has 3 nitrogen and oxygen atoms in total. The minimum absolute atomic E-state index is 0.0883. The molecule has 0 rings (SSSR count). The van der Waals surface area contributed by atoms with E-state index in [1.54, 1.807) is 0 Å². The quantitative estimate of drug-likeness (QED) is 0.408. The molecule has 0 aliphatic rings. The summed E-state index contributed by atoms with van der Waals surface area (Å²) < 4.78 is 5.65. The van der Waals surface area contributed by atoms with Gasteiger partial charge in [0.25, 0.3) is 0 Å². The highest BCUT2D eigenvalue weighted by Crippen LogP contribution is 2.12. The Bertz CT molecular complexity index is 219. The van der Waals surface area contributed by atoms with Crippen molar-refractivity contribution in [3.8, 4) is 0 Å². The lowest BCUT2D eigenvalue weighted by molar-refractivity contribution is 0.124. The molecule has 2 unspecified atom stereocenters. The molecule has 0 spiro atoms. The normalized spacial score (nSPS) is 14.5. The third kappa shape index (κ3) is 16.3. The van der Waals surface area contributed by atoms with Crippen molar-refractivity contribution in [2.24, 2.45) is 17.4 Å². The fourth-order valence-electron chi connectivity index (χ4n) is 2.60. The highest BCUT2D eigenvalue weighted by Gasteiger charge is 2.06. The Morgan fingerprint density at radius 3 is 1.68 bits per heavy atom. The third-order valence-corrected chi connectivity index (χ3v) is 4.32. The SMILES string of the molecule is CC(C)CCCCCCCCCCOCCCC(N)C(C)N. The van der Waals surface area contributed by atoms with Crippen LogP contribution in [-0.4, -0.2) is 25.3 Å². The predicted molar refractivity (Wildman–Crippen MR) is 98.1 cm³/mol. The molecule has 0 aromatic heterocycles. The van der Waals surface area contributed by atoms with Gasteiger partial charge in [-0.05, 0) is 32.1 Å². The molecule has 0 amide bonds. The van der Waals surface area contributed by atoms with Gasteiger partial charge >= 0.3 is 0 Å². The average Bonchev–Trinajstić information content (AvgIpc) is 2.46. The summed E-state index contributed by atoms with van der Waals surface area (Å²) in [5.74, 6) is 0.870. The molecular weight excluding hydrogens is 272 g/mol. The Hall–Kier alpha value is -0.120. The molecule has 0 aromatic carbocycles. The van der Waals surface area contributed by atoms with Gasteiger partial charge in [-0.25, -0.2) is 0 Å². The summed E-state index contributed by atoms with van der Waals surface area (Å²) in [6.07, 6.45) is 14.3. The van der Waals surface area contributed by atoms with Gasteiger partial charge in [-0.2, -0.15) is 0 Å². The summed E-state index contributed by atoms with van der Waals surface area (Å²) in [7, 11) is 0. The molecule has 2 atom stereocenters. The third-order valence-electron chi connectivity index (χ3n) is 4.32. The highest BCUT2D eigenvalue weighted by molar-refractivity contribution is 4.70. The maximum atomic E-state index is 5.89. The fraction of sp³-hybridized carbons (Fsp3) is 1.00. The number of hydrogen-bond acceptors (Lipinski definition) is 3. The van der Waals surface area contributed by atoms with E-state index in [-0.39, 0.29) is 12.1 Å². The smallest absolute Gasteiger partial charge is 0.0466 e. The second-order valence-electron chi connectivity index (χ2n) is 7.29. The first-order chi connectivity index (χ1) is 10.5. The van der Waals surface area contributed by atoms with Crippen LogP contribution >= 0.6 is 0 Å². The standard InChI is InChI=1S/C19H42N2O/c1-17(2)13-10-8-6-4-5-7-9-11-15-22-16-12-14-19(21)18(3)20/h17-19H,4-16,20-21H2,1-3H3. The van der Waals surface area contributed by atoms with E-state index >= 15 is 0 Å². The van der Waals surface area contributed by atoms with Crippen LogP contribution < -0.4 is 11.5 Å². The molecular formula is C19H42N2O. The van der Waals surface area contributed by atoms with Crippen molar-refractivity contribution in [1.29, 1.82) is 0 Å². The van der Waals surface area contributed by atoms with E-state index in [0.717, 1.165) is 32.0 Å². The molecule has 0 bridgehead atoms. The molecule has 0 saturated heterocycles. The zero-order valence-corrected chi connectivity index (χ0v) is 15.5.